The molecule has 0 spiro atoms. The fraction of sp³-hybridized carbons (Fsp3) is 0.200. The van der Waals surface area contributed by atoms with E-state index in [1.54, 1.807) is 24.3 Å². The lowest BCUT2D eigenvalue weighted by atomic mass is 10.2. The standard InChI is InChI=1S/C15H15NO4/c1-10-14(11(2)20-16-10)9-19-13-6-3-12(4-7-13)5-8-15(17)18/h3-8H,9H2,1-2H3,(H,17,18)/b8-5-. The zero-order valence-electron chi connectivity index (χ0n) is 11.3. The molecule has 20 heavy (non-hydrogen) atoms. The van der Waals surface area contributed by atoms with Crippen LogP contribution in [0.1, 0.15) is 22.6 Å². The van der Waals surface area contributed by atoms with Crippen molar-refractivity contribution in [1.82, 2.24) is 5.16 Å². The molecule has 0 unspecified atom stereocenters. The Morgan fingerprint density at radius 1 is 1.35 bits per heavy atom. The highest BCUT2D eigenvalue weighted by Gasteiger charge is 2.09. The highest BCUT2D eigenvalue weighted by atomic mass is 16.5. The number of rotatable bonds is 5. The van der Waals surface area contributed by atoms with Crippen LogP contribution in [0.3, 0.4) is 0 Å². The lowest BCUT2D eigenvalue weighted by Gasteiger charge is -2.05. The Labute approximate surface area is 116 Å². The number of nitrogens with zero attached hydrogens (tertiary/aromatic N) is 1. The van der Waals surface area contributed by atoms with Gasteiger partial charge in [-0.15, -0.1) is 0 Å². The number of aliphatic carboxylic acids is 1. The van der Waals surface area contributed by atoms with Crippen molar-refractivity contribution in [3.05, 3.63) is 52.9 Å². The van der Waals surface area contributed by atoms with E-state index in [4.69, 9.17) is 14.4 Å². The first-order chi connectivity index (χ1) is 9.56. The lowest BCUT2D eigenvalue weighted by molar-refractivity contribution is -0.131. The van der Waals surface area contributed by atoms with E-state index < -0.39 is 5.97 Å². The van der Waals surface area contributed by atoms with Gasteiger partial charge in [-0.25, -0.2) is 4.79 Å². The normalized spacial score (nSPS) is 10.9. The molecule has 2 rings (SSSR count). The van der Waals surface area contributed by atoms with Crippen molar-refractivity contribution in [2.75, 3.05) is 0 Å². The summed E-state index contributed by atoms with van der Waals surface area (Å²) in [6.07, 6.45) is 2.63. The molecule has 104 valence electrons. The first-order valence-corrected chi connectivity index (χ1v) is 6.12. The van der Waals surface area contributed by atoms with Gasteiger partial charge in [-0.1, -0.05) is 17.3 Å². The van der Waals surface area contributed by atoms with Gasteiger partial charge in [-0.2, -0.15) is 0 Å². The summed E-state index contributed by atoms with van der Waals surface area (Å²) >= 11 is 0. The summed E-state index contributed by atoms with van der Waals surface area (Å²) in [5, 5.41) is 12.4. The van der Waals surface area contributed by atoms with E-state index in [1.807, 2.05) is 13.8 Å². The number of benzene rings is 1. The number of hydrogen-bond donors (Lipinski definition) is 1. The quantitative estimate of drug-likeness (QED) is 0.848. The Balaban J connectivity index is 1.99. The van der Waals surface area contributed by atoms with E-state index in [2.05, 4.69) is 5.16 Å². The largest absolute Gasteiger partial charge is 0.489 e. The summed E-state index contributed by atoms with van der Waals surface area (Å²) in [6, 6.07) is 7.17. The molecule has 5 heteroatoms. The number of ether oxygens (including phenoxy) is 1. The minimum Gasteiger partial charge on any atom is -0.489 e. The van der Waals surface area contributed by atoms with Gasteiger partial charge in [0, 0.05) is 6.08 Å². The van der Waals surface area contributed by atoms with Crippen molar-refractivity contribution in [1.29, 1.82) is 0 Å². The molecule has 1 aromatic carbocycles. The predicted molar refractivity (Wildman–Crippen MR) is 73.4 cm³/mol. The van der Waals surface area contributed by atoms with Gasteiger partial charge in [-0.05, 0) is 37.6 Å². The van der Waals surface area contributed by atoms with Gasteiger partial charge < -0.3 is 14.4 Å². The van der Waals surface area contributed by atoms with Gasteiger partial charge in [0.1, 0.15) is 18.1 Å². The molecule has 1 N–H and O–H groups in total. The summed E-state index contributed by atoms with van der Waals surface area (Å²) in [7, 11) is 0. The van der Waals surface area contributed by atoms with E-state index in [-0.39, 0.29) is 0 Å². The monoisotopic (exact) mass is 273 g/mol. The molecule has 0 saturated carbocycles. The van der Waals surface area contributed by atoms with Crippen molar-refractivity contribution in [3.63, 3.8) is 0 Å². The first kappa shape index (κ1) is 13.9. The molecular weight excluding hydrogens is 258 g/mol. The highest BCUT2D eigenvalue weighted by molar-refractivity contribution is 5.85. The number of carbonyl (C=O) groups is 1. The minimum absolute atomic E-state index is 0.394. The van der Waals surface area contributed by atoms with Crippen molar-refractivity contribution in [2.24, 2.45) is 0 Å². The first-order valence-electron chi connectivity index (χ1n) is 6.12. The van der Waals surface area contributed by atoms with Gasteiger partial charge in [0.2, 0.25) is 0 Å². The topological polar surface area (TPSA) is 72.6 Å². The van der Waals surface area contributed by atoms with Crippen LogP contribution >= 0.6 is 0 Å². The maximum absolute atomic E-state index is 10.4. The molecule has 0 aliphatic heterocycles. The molecule has 2 aromatic rings. The molecule has 1 aromatic heterocycles. The van der Waals surface area contributed by atoms with Crippen molar-refractivity contribution in [2.45, 2.75) is 20.5 Å². The molecular formula is C15H15NO4. The molecule has 0 aliphatic carbocycles. The van der Waals surface area contributed by atoms with E-state index in [1.165, 1.54) is 6.08 Å². The van der Waals surface area contributed by atoms with Crippen LogP contribution in [0.4, 0.5) is 0 Å². The SMILES string of the molecule is Cc1noc(C)c1COc1ccc(/C=C\C(=O)O)cc1. The average Bonchev–Trinajstić information content (AvgIpc) is 2.75. The van der Waals surface area contributed by atoms with Crippen LogP contribution in [0.25, 0.3) is 6.08 Å². The maximum Gasteiger partial charge on any atom is 0.328 e. The number of carboxylic acid groups (broad SMARTS) is 1. The van der Waals surface area contributed by atoms with Crippen LogP contribution in [0.15, 0.2) is 34.9 Å². The Bertz CT molecular complexity index is 606. The van der Waals surface area contributed by atoms with Crippen LogP contribution in [0, 0.1) is 13.8 Å². The molecule has 0 bridgehead atoms. The van der Waals surface area contributed by atoms with Gasteiger partial charge >= 0.3 is 5.97 Å². The van der Waals surface area contributed by atoms with E-state index in [0.717, 1.165) is 28.7 Å². The second kappa shape index (κ2) is 6.06. The number of aryl methyl sites for hydroxylation is 2. The summed E-state index contributed by atoms with van der Waals surface area (Å²) in [5.74, 6) is 0.490. The van der Waals surface area contributed by atoms with Crippen molar-refractivity contribution in [3.8, 4) is 5.75 Å². The fourth-order valence-corrected chi connectivity index (χ4v) is 1.71. The second-order valence-electron chi connectivity index (χ2n) is 4.33. The molecule has 0 amide bonds. The van der Waals surface area contributed by atoms with Crippen LogP contribution < -0.4 is 4.74 Å². The van der Waals surface area contributed by atoms with Gasteiger partial charge in [0.05, 0.1) is 11.3 Å². The van der Waals surface area contributed by atoms with E-state index in [9.17, 15) is 4.79 Å². The summed E-state index contributed by atoms with van der Waals surface area (Å²) in [4.78, 5) is 10.4. The van der Waals surface area contributed by atoms with Gasteiger partial charge in [0.25, 0.3) is 0 Å². The summed E-state index contributed by atoms with van der Waals surface area (Å²) < 4.78 is 10.7. The van der Waals surface area contributed by atoms with Crippen LogP contribution in [0.2, 0.25) is 0 Å². The number of aromatic nitrogens is 1. The Kier molecular flexibility index (Phi) is 4.20. The van der Waals surface area contributed by atoms with Crippen LogP contribution in [-0.2, 0) is 11.4 Å². The molecule has 0 saturated heterocycles. The van der Waals surface area contributed by atoms with E-state index >= 15 is 0 Å². The lowest BCUT2D eigenvalue weighted by Crippen LogP contribution is -1.97. The predicted octanol–water partition coefficient (Wildman–Crippen LogP) is 2.97. The maximum atomic E-state index is 10.4. The number of carboxylic acids is 1. The summed E-state index contributed by atoms with van der Waals surface area (Å²) in [6.45, 7) is 4.11. The van der Waals surface area contributed by atoms with Gasteiger partial charge in [0.15, 0.2) is 0 Å². The van der Waals surface area contributed by atoms with Crippen molar-refractivity contribution >= 4 is 12.0 Å². The third-order valence-corrected chi connectivity index (χ3v) is 2.86. The third kappa shape index (κ3) is 3.47. The molecule has 0 radical (unpaired) electrons. The molecule has 0 fully saturated rings. The number of hydrogen-bond acceptors (Lipinski definition) is 4. The van der Waals surface area contributed by atoms with Crippen LogP contribution in [-0.4, -0.2) is 16.2 Å². The fourth-order valence-electron chi connectivity index (χ4n) is 1.71. The van der Waals surface area contributed by atoms with E-state index in [0.29, 0.717) is 12.4 Å². The minimum atomic E-state index is -0.969. The van der Waals surface area contributed by atoms with Crippen LogP contribution in [0.5, 0.6) is 5.75 Å². The summed E-state index contributed by atoms with van der Waals surface area (Å²) in [5.41, 5.74) is 2.57. The highest BCUT2D eigenvalue weighted by Crippen LogP contribution is 2.18. The molecule has 0 aliphatic rings. The Morgan fingerprint density at radius 2 is 2.05 bits per heavy atom. The second-order valence-corrected chi connectivity index (χ2v) is 4.33. The Morgan fingerprint density at radius 3 is 2.60 bits per heavy atom. The zero-order valence-corrected chi connectivity index (χ0v) is 11.3. The van der Waals surface area contributed by atoms with Gasteiger partial charge in [-0.3, -0.25) is 0 Å². The molecule has 1 heterocycles. The zero-order chi connectivity index (χ0) is 14.5. The Hall–Kier alpha value is -2.56. The molecule has 0 atom stereocenters. The average molecular weight is 273 g/mol. The van der Waals surface area contributed by atoms with Crippen molar-refractivity contribution < 1.29 is 19.2 Å². The molecule has 5 nitrogen and oxygen atoms in total. The third-order valence-electron chi connectivity index (χ3n) is 2.86. The smallest absolute Gasteiger partial charge is 0.328 e.